The molecule has 1 aromatic heterocycles. The summed E-state index contributed by atoms with van der Waals surface area (Å²) in [5.41, 5.74) is 4.83. The lowest BCUT2D eigenvalue weighted by atomic mass is 10.1. The largest absolute Gasteiger partial charge is 0.381 e. The third-order valence-electron chi connectivity index (χ3n) is 2.96. The van der Waals surface area contributed by atoms with Gasteiger partial charge in [0.1, 0.15) is 0 Å². The van der Waals surface area contributed by atoms with Gasteiger partial charge in [-0.25, -0.2) is 0 Å². The monoisotopic (exact) mass is 240 g/mol. The number of pyridine rings is 1. The van der Waals surface area contributed by atoms with Crippen molar-refractivity contribution >= 4 is 5.69 Å². The van der Waals surface area contributed by atoms with Crippen molar-refractivity contribution in [2.24, 2.45) is 0 Å². The molecular weight excluding hydrogens is 220 g/mol. The van der Waals surface area contributed by atoms with Gasteiger partial charge in [0, 0.05) is 24.1 Å². The van der Waals surface area contributed by atoms with Crippen molar-refractivity contribution in [3.63, 3.8) is 0 Å². The van der Waals surface area contributed by atoms with Crippen LogP contribution in [0.4, 0.5) is 5.69 Å². The molecule has 2 heteroatoms. The minimum Gasteiger partial charge on any atom is -0.381 e. The van der Waals surface area contributed by atoms with Crippen molar-refractivity contribution in [1.29, 1.82) is 0 Å². The molecule has 18 heavy (non-hydrogen) atoms. The van der Waals surface area contributed by atoms with Gasteiger partial charge < -0.3 is 5.32 Å². The Morgan fingerprint density at radius 1 is 1.00 bits per heavy atom. The Hall–Kier alpha value is -1.83. The van der Waals surface area contributed by atoms with E-state index in [1.807, 2.05) is 19.2 Å². The van der Waals surface area contributed by atoms with Gasteiger partial charge in [0.2, 0.25) is 0 Å². The average Bonchev–Trinajstić information content (AvgIpc) is 2.40. The number of aromatic nitrogens is 1. The van der Waals surface area contributed by atoms with Crippen LogP contribution in [0, 0.1) is 6.92 Å². The first-order valence-corrected chi connectivity index (χ1v) is 6.52. The van der Waals surface area contributed by atoms with Gasteiger partial charge in [-0.3, -0.25) is 4.98 Å². The smallest absolute Gasteiger partial charge is 0.0416 e. The van der Waals surface area contributed by atoms with Crippen LogP contribution in [0.3, 0.4) is 0 Å². The summed E-state index contributed by atoms with van der Waals surface area (Å²) in [5.74, 6) is 0. The van der Waals surface area contributed by atoms with E-state index in [1.165, 1.54) is 17.5 Å². The lowest BCUT2D eigenvalue weighted by Gasteiger charge is -2.07. The molecule has 1 N–H and O–H groups in total. The highest BCUT2D eigenvalue weighted by atomic mass is 14.9. The Morgan fingerprint density at radius 3 is 2.33 bits per heavy atom. The second-order valence-electron chi connectivity index (χ2n) is 4.61. The van der Waals surface area contributed by atoms with Crippen molar-refractivity contribution in [2.45, 2.75) is 33.2 Å². The highest BCUT2D eigenvalue weighted by molar-refractivity contribution is 5.45. The van der Waals surface area contributed by atoms with Crippen molar-refractivity contribution in [1.82, 2.24) is 4.98 Å². The maximum atomic E-state index is 4.29. The first-order chi connectivity index (χ1) is 8.78. The second-order valence-corrected chi connectivity index (χ2v) is 4.61. The normalized spacial score (nSPS) is 10.3. The van der Waals surface area contributed by atoms with Crippen LogP contribution in [0.2, 0.25) is 0 Å². The summed E-state index contributed by atoms with van der Waals surface area (Å²) in [6.45, 7) is 5.03. The van der Waals surface area contributed by atoms with Crippen LogP contribution in [0.15, 0.2) is 42.6 Å². The fourth-order valence-corrected chi connectivity index (χ4v) is 1.89. The Bertz CT molecular complexity index is 471. The molecule has 94 valence electrons. The molecule has 0 fully saturated rings. The van der Waals surface area contributed by atoms with E-state index in [9.17, 15) is 0 Å². The van der Waals surface area contributed by atoms with Crippen LogP contribution in [0.1, 0.15) is 30.2 Å². The summed E-state index contributed by atoms with van der Waals surface area (Å²) in [7, 11) is 0. The molecule has 0 spiro atoms. The molecule has 0 aliphatic rings. The van der Waals surface area contributed by atoms with E-state index in [4.69, 9.17) is 0 Å². The molecule has 2 rings (SSSR count). The van der Waals surface area contributed by atoms with Gasteiger partial charge in [0.25, 0.3) is 0 Å². The molecule has 0 radical (unpaired) electrons. The van der Waals surface area contributed by atoms with Crippen LogP contribution in [-0.2, 0) is 13.0 Å². The van der Waals surface area contributed by atoms with Gasteiger partial charge in [-0.05, 0) is 42.7 Å². The zero-order valence-electron chi connectivity index (χ0n) is 11.1. The van der Waals surface area contributed by atoms with Gasteiger partial charge in [0.15, 0.2) is 0 Å². The zero-order valence-corrected chi connectivity index (χ0v) is 11.1. The molecule has 0 amide bonds. The molecule has 2 nitrogen and oxygen atoms in total. The predicted octanol–water partition coefficient (Wildman–Crippen LogP) is 3.95. The Balaban J connectivity index is 1.91. The Labute approximate surface area is 109 Å². The maximum absolute atomic E-state index is 4.29. The number of hydrogen-bond acceptors (Lipinski definition) is 2. The first-order valence-electron chi connectivity index (χ1n) is 6.52. The van der Waals surface area contributed by atoms with Gasteiger partial charge in [-0.1, -0.05) is 31.5 Å². The molecule has 0 aliphatic carbocycles. The quantitative estimate of drug-likeness (QED) is 0.855. The molecule has 1 aromatic carbocycles. The molecule has 0 saturated carbocycles. The van der Waals surface area contributed by atoms with Crippen molar-refractivity contribution in [3.05, 3.63) is 59.4 Å². The fraction of sp³-hybridized carbons (Fsp3) is 0.312. The summed E-state index contributed by atoms with van der Waals surface area (Å²) < 4.78 is 0. The summed E-state index contributed by atoms with van der Waals surface area (Å²) in [6, 6.07) is 12.8. The topological polar surface area (TPSA) is 24.9 Å². The molecular formula is C16H20N2. The summed E-state index contributed by atoms with van der Waals surface area (Å²) in [6.07, 6.45) is 4.28. The van der Waals surface area contributed by atoms with E-state index in [0.29, 0.717) is 0 Å². The van der Waals surface area contributed by atoms with Gasteiger partial charge >= 0.3 is 0 Å². The number of nitrogens with zero attached hydrogens (tertiary/aromatic N) is 1. The molecule has 0 unspecified atom stereocenters. The van der Waals surface area contributed by atoms with E-state index < -0.39 is 0 Å². The number of rotatable bonds is 5. The summed E-state index contributed by atoms with van der Waals surface area (Å²) >= 11 is 0. The van der Waals surface area contributed by atoms with Crippen molar-refractivity contribution in [3.8, 4) is 0 Å². The van der Waals surface area contributed by atoms with Crippen molar-refractivity contribution < 1.29 is 0 Å². The minimum absolute atomic E-state index is 0.820. The number of anilines is 1. The van der Waals surface area contributed by atoms with Gasteiger partial charge in [-0.15, -0.1) is 0 Å². The first kappa shape index (κ1) is 12.6. The van der Waals surface area contributed by atoms with Crippen molar-refractivity contribution in [2.75, 3.05) is 5.32 Å². The van der Waals surface area contributed by atoms with Crippen LogP contribution >= 0.6 is 0 Å². The number of nitrogens with one attached hydrogen (secondary N) is 1. The van der Waals surface area contributed by atoms with Gasteiger partial charge in [0.05, 0.1) is 0 Å². The van der Waals surface area contributed by atoms with Crippen LogP contribution < -0.4 is 5.32 Å². The molecule has 0 bridgehead atoms. The van der Waals surface area contributed by atoms with E-state index in [1.54, 1.807) is 0 Å². The zero-order chi connectivity index (χ0) is 12.8. The Morgan fingerprint density at radius 2 is 1.72 bits per heavy atom. The summed E-state index contributed by atoms with van der Waals surface area (Å²) in [4.78, 5) is 4.29. The second kappa shape index (κ2) is 6.20. The molecule has 0 aliphatic heterocycles. The fourth-order valence-electron chi connectivity index (χ4n) is 1.89. The summed E-state index contributed by atoms with van der Waals surface area (Å²) in [5, 5.41) is 3.41. The molecule has 1 heterocycles. The van der Waals surface area contributed by atoms with Gasteiger partial charge in [-0.2, -0.15) is 0 Å². The average molecular weight is 240 g/mol. The van der Waals surface area contributed by atoms with E-state index >= 15 is 0 Å². The molecule has 0 saturated heterocycles. The molecule has 0 atom stereocenters. The van der Waals surface area contributed by atoms with Crippen LogP contribution in [0.5, 0.6) is 0 Å². The SMILES string of the molecule is CCCc1ccc(NCc2ccc(C)nc2)cc1. The maximum Gasteiger partial charge on any atom is 0.0416 e. The van der Waals surface area contributed by atoms with E-state index in [0.717, 1.165) is 24.3 Å². The predicted molar refractivity (Wildman–Crippen MR) is 76.7 cm³/mol. The highest BCUT2D eigenvalue weighted by Crippen LogP contribution is 2.12. The van der Waals surface area contributed by atoms with Crippen LogP contribution in [-0.4, -0.2) is 4.98 Å². The lowest BCUT2D eigenvalue weighted by Crippen LogP contribution is -2.00. The number of aryl methyl sites for hydroxylation is 2. The Kier molecular flexibility index (Phi) is 4.35. The van der Waals surface area contributed by atoms with E-state index in [-0.39, 0.29) is 0 Å². The number of benzene rings is 1. The standard InChI is InChI=1S/C16H20N2/c1-3-4-14-7-9-16(10-8-14)18-12-15-6-5-13(2)17-11-15/h5-11,18H,3-4,12H2,1-2H3. The van der Waals surface area contributed by atoms with E-state index in [2.05, 4.69) is 47.6 Å². The third-order valence-corrected chi connectivity index (χ3v) is 2.96. The van der Waals surface area contributed by atoms with Crippen LogP contribution in [0.25, 0.3) is 0 Å². The lowest BCUT2D eigenvalue weighted by molar-refractivity contribution is 0.922. The number of hydrogen-bond donors (Lipinski definition) is 1. The molecule has 2 aromatic rings. The third kappa shape index (κ3) is 3.59. The highest BCUT2D eigenvalue weighted by Gasteiger charge is 1.96. The minimum atomic E-state index is 0.820.